The van der Waals surface area contributed by atoms with Crippen LogP contribution >= 0.6 is 11.6 Å². The van der Waals surface area contributed by atoms with Gasteiger partial charge in [-0.25, -0.2) is 9.50 Å². The Labute approximate surface area is 133 Å². The molecule has 4 nitrogen and oxygen atoms in total. The van der Waals surface area contributed by atoms with Crippen LogP contribution in [-0.2, 0) is 19.4 Å². The highest BCUT2D eigenvalue weighted by Gasteiger charge is 2.22. The number of nitrogens with zero attached hydrogens (tertiary/aromatic N) is 3. The number of halogens is 1. The van der Waals surface area contributed by atoms with Crippen molar-refractivity contribution in [1.82, 2.24) is 14.6 Å². The maximum absolute atomic E-state index is 6.51. The summed E-state index contributed by atoms with van der Waals surface area (Å²) in [6.45, 7) is 2.42. The van der Waals surface area contributed by atoms with Crippen molar-refractivity contribution in [2.45, 2.75) is 32.8 Å². The minimum Gasteiger partial charge on any atom is -0.489 e. The number of aromatic nitrogens is 3. The van der Waals surface area contributed by atoms with Crippen molar-refractivity contribution in [2.24, 2.45) is 0 Å². The third-order valence-corrected chi connectivity index (χ3v) is 4.54. The second-order valence-corrected chi connectivity index (χ2v) is 5.94. The molecule has 1 aliphatic rings. The van der Waals surface area contributed by atoms with Crippen LogP contribution < -0.4 is 4.74 Å². The van der Waals surface area contributed by atoms with Gasteiger partial charge in [-0.05, 0) is 38.3 Å². The van der Waals surface area contributed by atoms with Crippen molar-refractivity contribution in [2.75, 3.05) is 0 Å². The lowest BCUT2D eigenvalue weighted by atomic mass is 10.2. The summed E-state index contributed by atoms with van der Waals surface area (Å²) in [5.74, 6) is 0.841. The highest BCUT2D eigenvalue weighted by molar-refractivity contribution is 6.30. The smallest absolute Gasteiger partial charge is 0.163 e. The van der Waals surface area contributed by atoms with E-state index in [1.54, 1.807) is 4.52 Å². The van der Waals surface area contributed by atoms with E-state index in [0.717, 1.165) is 53.2 Å². The topological polar surface area (TPSA) is 39.4 Å². The standard InChI is InChI=1S/C17H16ClN3O/c1-11-14(10-22-12-6-3-2-4-7-12)17-19-15-9-5-8-13(15)16(18)21(17)20-11/h2-4,6-7H,5,8-10H2,1H3. The van der Waals surface area contributed by atoms with Crippen LogP contribution in [0.25, 0.3) is 5.65 Å². The van der Waals surface area contributed by atoms with Gasteiger partial charge < -0.3 is 4.74 Å². The molecule has 4 rings (SSSR count). The summed E-state index contributed by atoms with van der Waals surface area (Å²) in [6, 6.07) is 9.77. The maximum atomic E-state index is 6.51. The molecule has 2 aromatic heterocycles. The Balaban J connectivity index is 1.74. The van der Waals surface area contributed by atoms with E-state index in [0.29, 0.717) is 11.8 Å². The van der Waals surface area contributed by atoms with Crippen LogP contribution in [0.1, 0.15) is 28.9 Å². The Morgan fingerprint density at radius 1 is 1.23 bits per heavy atom. The average Bonchev–Trinajstić information content (AvgIpc) is 3.12. The Morgan fingerprint density at radius 2 is 2.05 bits per heavy atom. The molecule has 3 aromatic rings. The van der Waals surface area contributed by atoms with Crippen LogP contribution in [0.3, 0.4) is 0 Å². The van der Waals surface area contributed by atoms with E-state index in [1.165, 1.54) is 0 Å². The molecule has 22 heavy (non-hydrogen) atoms. The minimum absolute atomic E-state index is 0.446. The fraction of sp³-hybridized carbons (Fsp3) is 0.294. The predicted molar refractivity (Wildman–Crippen MR) is 85.5 cm³/mol. The molecule has 0 fully saturated rings. The summed E-state index contributed by atoms with van der Waals surface area (Å²) >= 11 is 6.51. The SMILES string of the molecule is Cc1nn2c(Cl)c3c(nc2c1COc1ccccc1)CCC3. The normalized spacial score (nSPS) is 13.5. The summed E-state index contributed by atoms with van der Waals surface area (Å²) < 4.78 is 7.62. The molecular weight excluding hydrogens is 298 g/mol. The molecule has 5 heteroatoms. The van der Waals surface area contributed by atoms with Gasteiger partial charge in [0.1, 0.15) is 17.5 Å². The lowest BCUT2D eigenvalue weighted by Gasteiger charge is -2.07. The van der Waals surface area contributed by atoms with Gasteiger partial charge in [0.05, 0.1) is 11.3 Å². The molecule has 0 unspecified atom stereocenters. The van der Waals surface area contributed by atoms with Crippen molar-refractivity contribution < 1.29 is 4.74 Å². The number of hydrogen-bond acceptors (Lipinski definition) is 3. The third-order valence-electron chi connectivity index (χ3n) is 4.15. The number of hydrogen-bond donors (Lipinski definition) is 0. The number of fused-ring (bicyclic) bond motifs is 2. The van der Waals surface area contributed by atoms with E-state index in [-0.39, 0.29) is 0 Å². The van der Waals surface area contributed by atoms with E-state index >= 15 is 0 Å². The summed E-state index contributed by atoms with van der Waals surface area (Å²) in [7, 11) is 0. The van der Waals surface area contributed by atoms with E-state index in [1.807, 2.05) is 37.3 Å². The number of ether oxygens (including phenoxy) is 1. The molecule has 0 spiro atoms. The molecule has 0 N–H and O–H groups in total. The van der Waals surface area contributed by atoms with Gasteiger partial charge in [-0.3, -0.25) is 0 Å². The van der Waals surface area contributed by atoms with Crippen LogP contribution in [0.4, 0.5) is 0 Å². The molecule has 1 aliphatic carbocycles. The number of aryl methyl sites for hydroxylation is 2. The molecule has 1 aromatic carbocycles. The van der Waals surface area contributed by atoms with Crippen molar-refractivity contribution in [1.29, 1.82) is 0 Å². The molecule has 0 bridgehead atoms. The fourth-order valence-corrected chi connectivity index (χ4v) is 3.29. The second kappa shape index (κ2) is 5.29. The van der Waals surface area contributed by atoms with Crippen LogP contribution in [0, 0.1) is 6.92 Å². The van der Waals surface area contributed by atoms with Gasteiger partial charge in [0.15, 0.2) is 5.65 Å². The van der Waals surface area contributed by atoms with Gasteiger partial charge in [0, 0.05) is 11.3 Å². The highest BCUT2D eigenvalue weighted by Crippen LogP contribution is 2.30. The van der Waals surface area contributed by atoms with Gasteiger partial charge in [-0.2, -0.15) is 5.10 Å². The molecule has 0 aliphatic heterocycles. The first-order valence-electron chi connectivity index (χ1n) is 7.47. The van der Waals surface area contributed by atoms with Gasteiger partial charge in [0.2, 0.25) is 0 Å². The molecule has 0 saturated carbocycles. The monoisotopic (exact) mass is 313 g/mol. The first-order chi connectivity index (χ1) is 10.7. The van der Waals surface area contributed by atoms with Gasteiger partial charge in [0.25, 0.3) is 0 Å². The molecule has 0 amide bonds. The number of rotatable bonds is 3. The van der Waals surface area contributed by atoms with Crippen molar-refractivity contribution in [3.8, 4) is 5.75 Å². The van der Waals surface area contributed by atoms with Gasteiger partial charge in [-0.1, -0.05) is 29.8 Å². The Hall–Kier alpha value is -2.07. The molecule has 0 saturated heterocycles. The molecule has 2 heterocycles. The molecular formula is C17H16ClN3O. The lowest BCUT2D eigenvalue weighted by Crippen LogP contribution is -2.02. The van der Waals surface area contributed by atoms with Gasteiger partial charge >= 0.3 is 0 Å². The zero-order valence-electron chi connectivity index (χ0n) is 12.3. The lowest BCUT2D eigenvalue weighted by molar-refractivity contribution is 0.306. The van der Waals surface area contributed by atoms with E-state index in [9.17, 15) is 0 Å². The number of para-hydroxylation sites is 1. The Bertz CT molecular complexity index is 842. The summed E-state index contributed by atoms with van der Waals surface area (Å²) in [5.41, 5.74) is 4.99. The van der Waals surface area contributed by atoms with Crippen molar-refractivity contribution in [3.63, 3.8) is 0 Å². The summed E-state index contributed by atoms with van der Waals surface area (Å²) in [6.07, 6.45) is 3.10. The van der Waals surface area contributed by atoms with Crippen LogP contribution in [0.5, 0.6) is 5.75 Å². The van der Waals surface area contributed by atoms with E-state index in [4.69, 9.17) is 21.3 Å². The molecule has 0 atom stereocenters. The maximum Gasteiger partial charge on any atom is 0.163 e. The van der Waals surface area contributed by atoms with Crippen molar-refractivity contribution >= 4 is 17.2 Å². The molecule has 0 radical (unpaired) electrons. The summed E-state index contributed by atoms with van der Waals surface area (Å²) in [4.78, 5) is 4.79. The predicted octanol–water partition coefficient (Wildman–Crippen LogP) is 3.76. The number of benzene rings is 1. The van der Waals surface area contributed by atoms with Crippen LogP contribution in [0.15, 0.2) is 30.3 Å². The average molecular weight is 314 g/mol. The second-order valence-electron chi connectivity index (χ2n) is 5.58. The van der Waals surface area contributed by atoms with Crippen LogP contribution in [0.2, 0.25) is 5.15 Å². The zero-order chi connectivity index (χ0) is 15.1. The minimum atomic E-state index is 0.446. The van der Waals surface area contributed by atoms with Crippen LogP contribution in [-0.4, -0.2) is 14.6 Å². The van der Waals surface area contributed by atoms with Gasteiger partial charge in [-0.15, -0.1) is 0 Å². The quantitative estimate of drug-likeness (QED) is 0.691. The first-order valence-corrected chi connectivity index (χ1v) is 7.85. The largest absolute Gasteiger partial charge is 0.489 e. The summed E-state index contributed by atoms with van der Waals surface area (Å²) in [5, 5.41) is 5.25. The fourth-order valence-electron chi connectivity index (χ4n) is 2.97. The van der Waals surface area contributed by atoms with Crippen molar-refractivity contribution in [3.05, 3.63) is 58.0 Å². The van der Waals surface area contributed by atoms with E-state index < -0.39 is 0 Å². The highest BCUT2D eigenvalue weighted by atomic mass is 35.5. The third kappa shape index (κ3) is 2.15. The zero-order valence-corrected chi connectivity index (χ0v) is 13.1. The molecule has 112 valence electrons. The Kier molecular flexibility index (Phi) is 3.26. The Morgan fingerprint density at radius 3 is 2.86 bits per heavy atom. The first kappa shape index (κ1) is 13.6. The van der Waals surface area contributed by atoms with E-state index in [2.05, 4.69) is 5.10 Å².